The van der Waals surface area contributed by atoms with Gasteiger partial charge in [-0.2, -0.15) is 0 Å². The first kappa shape index (κ1) is 16.5. The zero-order valence-corrected chi connectivity index (χ0v) is 14.3. The van der Waals surface area contributed by atoms with Crippen LogP contribution in [0.3, 0.4) is 0 Å². The van der Waals surface area contributed by atoms with Gasteiger partial charge in [0.1, 0.15) is 5.82 Å². The number of likely N-dealkylation sites (tertiary alicyclic amines) is 1. The van der Waals surface area contributed by atoms with E-state index < -0.39 is 6.10 Å². The molecule has 1 aromatic heterocycles. The van der Waals surface area contributed by atoms with Crippen molar-refractivity contribution in [1.29, 1.82) is 0 Å². The predicted molar refractivity (Wildman–Crippen MR) is 92.5 cm³/mol. The van der Waals surface area contributed by atoms with Gasteiger partial charge in [0.2, 0.25) is 0 Å². The molecular weight excluding hydrogens is 310 g/mol. The van der Waals surface area contributed by atoms with Gasteiger partial charge in [-0.05, 0) is 31.4 Å². The molecule has 124 valence electrons. The van der Waals surface area contributed by atoms with E-state index in [-0.39, 0.29) is 0 Å². The monoisotopic (exact) mass is 333 g/mol. The van der Waals surface area contributed by atoms with Gasteiger partial charge < -0.3 is 14.6 Å². The third kappa shape index (κ3) is 4.14. The first-order chi connectivity index (χ1) is 11.1. The average Bonchev–Trinajstić information content (AvgIpc) is 2.93. The molecular formula is C18H24ClN3O. The number of benzene rings is 1. The molecule has 1 aliphatic heterocycles. The third-order valence-corrected chi connectivity index (χ3v) is 5.03. The number of rotatable bonds is 5. The summed E-state index contributed by atoms with van der Waals surface area (Å²) in [7, 11) is 2.05. The summed E-state index contributed by atoms with van der Waals surface area (Å²) in [6, 6.07) is 7.55. The highest BCUT2D eigenvalue weighted by Crippen LogP contribution is 2.26. The van der Waals surface area contributed by atoms with Crippen LogP contribution in [0.2, 0.25) is 5.02 Å². The molecule has 0 spiro atoms. The van der Waals surface area contributed by atoms with E-state index >= 15 is 0 Å². The number of aromatic nitrogens is 2. The molecule has 2 aromatic rings. The molecule has 0 aliphatic carbocycles. The summed E-state index contributed by atoms with van der Waals surface area (Å²) in [5.74, 6) is 1.74. The lowest BCUT2D eigenvalue weighted by Gasteiger charge is -2.34. The van der Waals surface area contributed by atoms with E-state index in [4.69, 9.17) is 11.6 Å². The van der Waals surface area contributed by atoms with Crippen LogP contribution < -0.4 is 0 Å². The van der Waals surface area contributed by atoms with Crippen molar-refractivity contribution in [2.24, 2.45) is 13.0 Å². The molecule has 3 rings (SSSR count). The van der Waals surface area contributed by atoms with Crippen molar-refractivity contribution in [2.75, 3.05) is 19.6 Å². The Hall–Kier alpha value is -1.36. The molecule has 1 aromatic carbocycles. The molecule has 1 aliphatic rings. The molecule has 0 saturated carbocycles. The van der Waals surface area contributed by atoms with Gasteiger partial charge in [-0.3, -0.25) is 0 Å². The van der Waals surface area contributed by atoms with Gasteiger partial charge >= 0.3 is 0 Å². The SMILES string of the molecule is Cn1ccnc1CC1CCCN(CC(O)c2ccccc2Cl)C1. The summed E-state index contributed by atoms with van der Waals surface area (Å²) in [6.07, 6.45) is 6.72. The molecule has 2 atom stereocenters. The van der Waals surface area contributed by atoms with Crippen molar-refractivity contribution < 1.29 is 5.11 Å². The smallest absolute Gasteiger partial charge is 0.108 e. The highest BCUT2D eigenvalue weighted by atomic mass is 35.5. The number of hydrogen-bond donors (Lipinski definition) is 1. The number of aryl methyl sites for hydroxylation is 1. The van der Waals surface area contributed by atoms with Crippen molar-refractivity contribution in [2.45, 2.75) is 25.4 Å². The summed E-state index contributed by atoms with van der Waals surface area (Å²) in [5.41, 5.74) is 0.820. The van der Waals surface area contributed by atoms with Crippen molar-refractivity contribution >= 4 is 11.6 Å². The number of nitrogens with zero attached hydrogens (tertiary/aromatic N) is 3. The molecule has 1 saturated heterocycles. The fourth-order valence-electron chi connectivity index (χ4n) is 3.42. The molecule has 2 heterocycles. The van der Waals surface area contributed by atoms with Crippen molar-refractivity contribution in [1.82, 2.24) is 14.5 Å². The predicted octanol–water partition coefficient (Wildman–Crippen LogP) is 3.06. The molecule has 4 nitrogen and oxygen atoms in total. The lowest BCUT2D eigenvalue weighted by Crippen LogP contribution is -2.39. The number of hydrogen-bond acceptors (Lipinski definition) is 3. The summed E-state index contributed by atoms with van der Waals surface area (Å²) in [6.45, 7) is 2.69. The van der Waals surface area contributed by atoms with Gasteiger partial charge in [0, 0.05) is 49.5 Å². The van der Waals surface area contributed by atoms with Gasteiger partial charge in [-0.25, -0.2) is 4.98 Å². The molecule has 5 heteroatoms. The van der Waals surface area contributed by atoms with Crippen molar-refractivity contribution in [3.63, 3.8) is 0 Å². The summed E-state index contributed by atoms with van der Waals surface area (Å²) >= 11 is 6.19. The van der Waals surface area contributed by atoms with E-state index in [0.717, 1.165) is 30.9 Å². The summed E-state index contributed by atoms with van der Waals surface area (Å²) in [4.78, 5) is 6.78. The highest BCUT2D eigenvalue weighted by molar-refractivity contribution is 6.31. The van der Waals surface area contributed by atoms with E-state index in [1.54, 1.807) is 0 Å². The second-order valence-electron chi connectivity index (χ2n) is 6.46. The Kier molecular flexibility index (Phi) is 5.36. The standard InChI is InChI=1S/C18H24ClN3O/c1-21-10-8-20-18(21)11-14-5-4-9-22(12-14)13-17(23)15-6-2-3-7-16(15)19/h2-3,6-8,10,14,17,23H,4-5,9,11-13H2,1H3. The zero-order chi connectivity index (χ0) is 16.2. The first-order valence-electron chi connectivity index (χ1n) is 8.24. The Balaban J connectivity index is 1.58. The minimum absolute atomic E-state index is 0.532. The van der Waals surface area contributed by atoms with E-state index in [1.165, 1.54) is 12.8 Å². The van der Waals surface area contributed by atoms with Crippen LogP contribution in [0.15, 0.2) is 36.7 Å². The second-order valence-corrected chi connectivity index (χ2v) is 6.87. The van der Waals surface area contributed by atoms with Crippen LogP contribution in [-0.4, -0.2) is 39.2 Å². The summed E-state index contributed by atoms with van der Waals surface area (Å²) < 4.78 is 2.09. The molecule has 0 bridgehead atoms. The van der Waals surface area contributed by atoms with E-state index in [1.807, 2.05) is 43.7 Å². The molecule has 1 N–H and O–H groups in total. The maximum Gasteiger partial charge on any atom is 0.108 e. The van der Waals surface area contributed by atoms with E-state index in [2.05, 4.69) is 14.5 Å². The van der Waals surface area contributed by atoms with Gasteiger partial charge in [0.25, 0.3) is 0 Å². The lowest BCUT2D eigenvalue weighted by molar-refractivity contribution is 0.0839. The first-order valence-corrected chi connectivity index (χ1v) is 8.62. The van der Waals surface area contributed by atoms with Crippen LogP contribution in [-0.2, 0) is 13.5 Å². The maximum absolute atomic E-state index is 10.5. The van der Waals surface area contributed by atoms with Crippen molar-refractivity contribution in [3.05, 3.63) is 53.1 Å². The minimum atomic E-state index is -0.532. The molecule has 23 heavy (non-hydrogen) atoms. The number of aliphatic hydroxyl groups excluding tert-OH is 1. The van der Waals surface area contributed by atoms with E-state index in [9.17, 15) is 5.11 Å². The molecule has 1 fully saturated rings. The van der Waals surface area contributed by atoms with Crippen LogP contribution in [0, 0.1) is 5.92 Å². The van der Waals surface area contributed by atoms with E-state index in [0.29, 0.717) is 17.5 Å². The number of halogens is 1. The van der Waals surface area contributed by atoms with Crippen LogP contribution in [0.5, 0.6) is 0 Å². The van der Waals surface area contributed by atoms with Gasteiger partial charge in [0.05, 0.1) is 6.10 Å². The van der Waals surface area contributed by atoms with Crippen LogP contribution >= 0.6 is 11.6 Å². The van der Waals surface area contributed by atoms with Crippen LogP contribution in [0.4, 0.5) is 0 Å². The maximum atomic E-state index is 10.5. The number of imidazole rings is 1. The summed E-state index contributed by atoms with van der Waals surface area (Å²) in [5, 5.41) is 11.1. The Morgan fingerprint density at radius 2 is 2.22 bits per heavy atom. The number of aliphatic hydroxyl groups is 1. The molecule has 0 radical (unpaired) electrons. The molecule has 2 unspecified atom stereocenters. The number of piperidine rings is 1. The quantitative estimate of drug-likeness (QED) is 0.914. The fraction of sp³-hybridized carbons (Fsp3) is 0.500. The van der Waals surface area contributed by atoms with Gasteiger partial charge in [-0.15, -0.1) is 0 Å². The number of β-amino-alcohol motifs (C(OH)–C–C–N with tert-alkyl or cyclic N) is 1. The molecule has 0 amide bonds. The largest absolute Gasteiger partial charge is 0.387 e. The average molecular weight is 334 g/mol. The normalized spacial score (nSPS) is 20.6. The topological polar surface area (TPSA) is 41.3 Å². The minimum Gasteiger partial charge on any atom is -0.387 e. The van der Waals surface area contributed by atoms with Gasteiger partial charge in [-0.1, -0.05) is 29.8 Å². The second kappa shape index (κ2) is 7.47. The van der Waals surface area contributed by atoms with Gasteiger partial charge in [0.15, 0.2) is 0 Å². The Bertz CT molecular complexity index is 643. The van der Waals surface area contributed by atoms with Crippen LogP contribution in [0.1, 0.15) is 30.3 Å². The highest BCUT2D eigenvalue weighted by Gasteiger charge is 2.24. The third-order valence-electron chi connectivity index (χ3n) is 4.69. The Morgan fingerprint density at radius 1 is 1.39 bits per heavy atom. The zero-order valence-electron chi connectivity index (χ0n) is 13.5. The fourth-order valence-corrected chi connectivity index (χ4v) is 3.69. The Morgan fingerprint density at radius 3 is 2.96 bits per heavy atom. The van der Waals surface area contributed by atoms with Crippen LogP contribution in [0.25, 0.3) is 0 Å². The Labute approximate surface area is 142 Å². The van der Waals surface area contributed by atoms with Crippen molar-refractivity contribution in [3.8, 4) is 0 Å². The lowest BCUT2D eigenvalue weighted by atomic mass is 9.94.